The van der Waals surface area contributed by atoms with Crippen LogP contribution in [0.25, 0.3) is 27.8 Å². The van der Waals surface area contributed by atoms with Gasteiger partial charge in [-0.1, -0.05) is 11.6 Å². The molecule has 31 heavy (non-hydrogen) atoms. The molecule has 0 spiro atoms. The van der Waals surface area contributed by atoms with E-state index in [4.69, 9.17) is 25.5 Å². The third-order valence-corrected chi connectivity index (χ3v) is 5.69. The van der Waals surface area contributed by atoms with E-state index in [1.165, 1.54) is 11.3 Å². The molecule has 1 aliphatic rings. The second-order valence-corrected chi connectivity index (χ2v) is 7.84. The van der Waals surface area contributed by atoms with Gasteiger partial charge in [0.15, 0.2) is 11.5 Å². The number of thiazole rings is 1. The van der Waals surface area contributed by atoms with E-state index in [0.717, 1.165) is 5.69 Å². The number of ether oxygens (including phenoxy) is 2. The van der Waals surface area contributed by atoms with Gasteiger partial charge in [0.25, 0.3) is 0 Å². The minimum atomic E-state index is -0.507. The summed E-state index contributed by atoms with van der Waals surface area (Å²) in [6, 6.07) is 14.2. The minimum absolute atomic E-state index is 0.189. The van der Waals surface area contributed by atoms with Gasteiger partial charge in [-0.3, -0.25) is 0 Å². The Labute approximate surface area is 184 Å². The molecule has 1 N–H and O–H groups in total. The molecule has 1 aliphatic heterocycles. The number of halogens is 1. The van der Waals surface area contributed by atoms with Crippen molar-refractivity contribution in [2.45, 2.75) is 0 Å². The average Bonchev–Trinajstić information content (AvgIpc) is 3.43. The van der Waals surface area contributed by atoms with Crippen molar-refractivity contribution in [3.8, 4) is 28.8 Å². The largest absolute Gasteiger partial charge is 0.454 e. The van der Waals surface area contributed by atoms with Crippen molar-refractivity contribution in [2.24, 2.45) is 0 Å². The molecule has 5 rings (SSSR count). The Morgan fingerprint density at radius 1 is 1.19 bits per heavy atom. The second-order valence-electron chi connectivity index (χ2n) is 6.55. The van der Waals surface area contributed by atoms with Crippen LogP contribution in [0.1, 0.15) is 5.01 Å². The molecule has 0 saturated carbocycles. The third kappa shape index (κ3) is 3.72. The van der Waals surface area contributed by atoms with Gasteiger partial charge < -0.3 is 19.2 Å². The summed E-state index contributed by atoms with van der Waals surface area (Å²) in [5, 5.41) is 16.1. The Morgan fingerprint density at radius 3 is 2.94 bits per heavy atom. The fourth-order valence-corrected chi connectivity index (χ4v) is 4.04. The fraction of sp³-hybridized carbons (Fsp3) is 0.0455. The highest BCUT2D eigenvalue weighted by atomic mass is 35.5. The molecular formula is C22H12ClN3O4S. The lowest BCUT2D eigenvalue weighted by molar-refractivity contribution is 0.174. The Hall–Kier alpha value is -3.80. The van der Waals surface area contributed by atoms with Gasteiger partial charge in [-0.15, -0.1) is 11.3 Å². The van der Waals surface area contributed by atoms with Crippen LogP contribution in [0.3, 0.4) is 0 Å². The fourth-order valence-electron chi connectivity index (χ4n) is 3.08. The van der Waals surface area contributed by atoms with Crippen LogP contribution in [-0.4, -0.2) is 11.8 Å². The monoisotopic (exact) mass is 449 g/mol. The van der Waals surface area contributed by atoms with E-state index < -0.39 is 5.63 Å². The first-order chi connectivity index (χ1) is 15.1. The smallest absolute Gasteiger partial charge is 0.345 e. The quantitative estimate of drug-likeness (QED) is 0.334. The van der Waals surface area contributed by atoms with Crippen LogP contribution in [0.2, 0.25) is 5.02 Å². The molecule has 3 heterocycles. The van der Waals surface area contributed by atoms with Crippen molar-refractivity contribution in [2.75, 3.05) is 12.1 Å². The number of benzene rings is 2. The molecule has 0 amide bonds. The molecule has 7 nitrogen and oxygen atoms in total. The van der Waals surface area contributed by atoms with Crippen LogP contribution < -0.4 is 20.4 Å². The maximum absolute atomic E-state index is 12.4. The summed E-state index contributed by atoms with van der Waals surface area (Å²) < 4.78 is 16.0. The number of anilines is 1. The molecule has 9 heteroatoms. The molecule has 0 unspecified atom stereocenters. The van der Waals surface area contributed by atoms with Crippen molar-refractivity contribution in [1.82, 2.24) is 4.98 Å². The van der Waals surface area contributed by atoms with E-state index in [1.807, 2.05) is 6.07 Å². The van der Waals surface area contributed by atoms with Crippen molar-refractivity contribution >= 4 is 45.2 Å². The molecular weight excluding hydrogens is 438 g/mol. The van der Waals surface area contributed by atoms with E-state index in [-0.39, 0.29) is 6.79 Å². The van der Waals surface area contributed by atoms with Crippen LogP contribution in [-0.2, 0) is 0 Å². The molecule has 0 bridgehead atoms. The van der Waals surface area contributed by atoms with Gasteiger partial charge in [-0.05, 0) is 36.4 Å². The number of rotatable bonds is 4. The van der Waals surface area contributed by atoms with Crippen molar-refractivity contribution < 1.29 is 13.9 Å². The van der Waals surface area contributed by atoms with Crippen LogP contribution in [0, 0.1) is 11.3 Å². The summed E-state index contributed by atoms with van der Waals surface area (Å²) in [5.74, 6) is 1.31. The van der Waals surface area contributed by atoms with Crippen molar-refractivity contribution in [3.63, 3.8) is 0 Å². The van der Waals surface area contributed by atoms with Crippen LogP contribution >= 0.6 is 22.9 Å². The second kappa shape index (κ2) is 7.80. The lowest BCUT2D eigenvalue weighted by atomic mass is 10.1. The van der Waals surface area contributed by atoms with Crippen molar-refractivity contribution in [3.05, 3.63) is 74.5 Å². The molecule has 0 aliphatic carbocycles. The Kier molecular flexibility index (Phi) is 4.82. The first-order valence-electron chi connectivity index (χ1n) is 9.07. The molecule has 0 radical (unpaired) electrons. The van der Waals surface area contributed by atoms with Gasteiger partial charge >= 0.3 is 5.63 Å². The normalized spacial score (nSPS) is 12.7. The van der Waals surface area contributed by atoms with Crippen LogP contribution in [0.4, 0.5) is 5.69 Å². The number of fused-ring (bicyclic) bond motifs is 2. The standard InChI is InChI=1S/C22H12ClN3O4S/c23-14-1-3-18-12(5-14)6-16(22(27)30-18)17-10-31-21(26-17)13(8-24)9-25-15-2-4-19-20(7-15)29-11-28-19/h1-7,9-10,25H,11H2. The Bertz CT molecular complexity index is 1450. The number of nitrogens with zero attached hydrogens (tertiary/aromatic N) is 2. The third-order valence-electron chi connectivity index (χ3n) is 4.58. The lowest BCUT2D eigenvalue weighted by Gasteiger charge is -2.03. The number of nitrogens with one attached hydrogen (secondary N) is 1. The van der Waals surface area contributed by atoms with Crippen molar-refractivity contribution in [1.29, 1.82) is 5.26 Å². The molecule has 0 atom stereocenters. The predicted molar refractivity (Wildman–Crippen MR) is 118 cm³/mol. The minimum Gasteiger partial charge on any atom is -0.454 e. The zero-order valence-electron chi connectivity index (χ0n) is 15.7. The molecule has 2 aromatic carbocycles. The zero-order chi connectivity index (χ0) is 21.4. The highest BCUT2D eigenvalue weighted by Crippen LogP contribution is 2.34. The van der Waals surface area contributed by atoms with Gasteiger partial charge in [-0.25, -0.2) is 9.78 Å². The maximum atomic E-state index is 12.4. The number of allylic oxidation sites excluding steroid dienone is 1. The predicted octanol–water partition coefficient (Wildman–Crippen LogP) is 5.28. The highest BCUT2D eigenvalue weighted by molar-refractivity contribution is 7.11. The molecule has 152 valence electrons. The van der Waals surface area contributed by atoms with Crippen LogP contribution in [0.5, 0.6) is 11.5 Å². The molecule has 0 fully saturated rings. The summed E-state index contributed by atoms with van der Waals surface area (Å²) >= 11 is 7.30. The number of aromatic nitrogens is 1. The Morgan fingerprint density at radius 2 is 2.06 bits per heavy atom. The molecule has 0 saturated heterocycles. The van der Waals surface area contributed by atoms with Gasteiger partial charge in [0.2, 0.25) is 6.79 Å². The zero-order valence-corrected chi connectivity index (χ0v) is 17.3. The number of hydrogen-bond donors (Lipinski definition) is 1. The van der Waals surface area contributed by atoms with E-state index in [0.29, 0.717) is 49.3 Å². The summed E-state index contributed by atoms with van der Waals surface area (Å²) in [6.07, 6.45) is 1.56. The van der Waals surface area contributed by atoms with E-state index in [9.17, 15) is 10.1 Å². The Balaban J connectivity index is 1.44. The molecule has 2 aromatic heterocycles. The average molecular weight is 450 g/mol. The summed E-state index contributed by atoms with van der Waals surface area (Å²) in [5.41, 5.74) is 1.73. The lowest BCUT2D eigenvalue weighted by Crippen LogP contribution is -2.03. The summed E-state index contributed by atoms with van der Waals surface area (Å²) in [7, 11) is 0. The maximum Gasteiger partial charge on any atom is 0.345 e. The SMILES string of the molecule is N#CC(=CNc1ccc2c(c1)OCO2)c1nc(-c2cc3cc(Cl)ccc3oc2=O)cs1. The van der Waals surface area contributed by atoms with E-state index >= 15 is 0 Å². The first kappa shape index (κ1) is 19.2. The number of nitriles is 1. The first-order valence-corrected chi connectivity index (χ1v) is 10.3. The number of hydrogen-bond acceptors (Lipinski definition) is 8. The van der Waals surface area contributed by atoms with Gasteiger partial charge in [0, 0.05) is 33.7 Å². The molecule has 4 aromatic rings. The van der Waals surface area contributed by atoms with E-state index in [2.05, 4.69) is 16.4 Å². The van der Waals surface area contributed by atoms with Gasteiger partial charge in [0.1, 0.15) is 22.2 Å². The summed E-state index contributed by atoms with van der Waals surface area (Å²) in [4.78, 5) is 16.9. The summed E-state index contributed by atoms with van der Waals surface area (Å²) in [6.45, 7) is 0.189. The highest BCUT2D eigenvalue weighted by Gasteiger charge is 2.15. The van der Waals surface area contributed by atoms with Crippen LogP contribution in [0.15, 0.2) is 63.3 Å². The van der Waals surface area contributed by atoms with Gasteiger partial charge in [0.05, 0.1) is 11.3 Å². The van der Waals surface area contributed by atoms with Gasteiger partial charge in [-0.2, -0.15) is 5.26 Å². The topological polar surface area (TPSA) is 97.4 Å². The van der Waals surface area contributed by atoms with E-state index in [1.54, 1.807) is 48.0 Å².